The number of rotatable bonds is 9. The number of pyridine rings is 2. The molecule has 21 nitrogen and oxygen atoms in total. The van der Waals surface area contributed by atoms with Crippen molar-refractivity contribution in [1.82, 2.24) is 9.97 Å². The van der Waals surface area contributed by atoms with Crippen molar-refractivity contribution in [2.75, 3.05) is 13.2 Å². The third-order valence-corrected chi connectivity index (χ3v) is 12.9. The summed E-state index contributed by atoms with van der Waals surface area (Å²) in [5.74, 6) is -12.9. The minimum Gasteiger partial charge on any atom is -0.465 e. The second-order valence-electron chi connectivity index (χ2n) is 17.1. The Kier molecular flexibility index (Phi) is 12.6. The summed E-state index contributed by atoms with van der Waals surface area (Å²) in [6.07, 6.45) is -7.63. The number of carbonyl (C=O) groups excluding carboxylic acids is 8. The van der Waals surface area contributed by atoms with Crippen molar-refractivity contribution in [3.05, 3.63) is 83.8 Å². The number of furan rings is 1. The van der Waals surface area contributed by atoms with Crippen LogP contribution in [0.2, 0.25) is 0 Å². The third kappa shape index (κ3) is 7.72. The molecule has 2 unspecified atom stereocenters. The van der Waals surface area contributed by atoms with E-state index in [4.69, 9.17) is 47.0 Å². The van der Waals surface area contributed by atoms with Gasteiger partial charge in [0.25, 0.3) is 0 Å². The number of nitrogens with zero attached hydrogens (tertiary/aromatic N) is 2. The molecule has 352 valence electrons. The Labute approximate surface area is 376 Å². The maximum Gasteiger partial charge on any atom is 0.374 e. The van der Waals surface area contributed by atoms with Crippen molar-refractivity contribution >= 4 is 47.8 Å². The minimum atomic E-state index is -2.94. The van der Waals surface area contributed by atoms with Crippen molar-refractivity contribution in [2.24, 2.45) is 17.3 Å². The molecule has 0 aromatic carbocycles. The molecule has 7 rings (SSSR count). The molecule has 1 saturated heterocycles. The number of cyclic esters (lactones) is 1. The first-order valence-electron chi connectivity index (χ1n) is 20.9. The van der Waals surface area contributed by atoms with Crippen LogP contribution in [-0.2, 0) is 66.6 Å². The van der Waals surface area contributed by atoms with Gasteiger partial charge in [-0.3, -0.25) is 33.9 Å². The smallest absolute Gasteiger partial charge is 0.374 e. The second kappa shape index (κ2) is 17.6. The highest BCUT2D eigenvalue weighted by Crippen LogP contribution is 2.70. The summed E-state index contributed by atoms with van der Waals surface area (Å²) < 4.78 is 61.4. The van der Waals surface area contributed by atoms with E-state index in [1.165, 1.54) is 62.6 Å². The lowest BCUT2D eigenvalue weighted by molar-refractivity contribution is -0.385. The lowest BCUT2D eigenvalue weighted by Crippen LogP contribution is -2.89. The van der Waals surface area contributed by atoms with Crippen LogP contribution in [-0.4, -0.2) is 129 Å². The molecule has 1 spiro atoms. The Morgan fingerprint density at radius 2 is 1.44 bits per heavy atom. The lowest BCUT2D eigenvalue weighted by atomic mass is 9.45. The van der Waals surface area contributed by atoms with Gasteiger partial charge < -0.3 is 52.2 Å². The highest BCUT2D eigenvalue weighted by atomic mass is 16.7. The third-order valence-electron chi connectivity index (χ3n) is 12.9. The Bertz CT molecular complexity index is 2420. The zero-order valence-corrected chi connectivity index (χ0v) is 37.1. The highest BCUT2D eigenvalue weighted by Gasteiger charge is 2.92. The molecule has 2 aliphatic carbocycles. The van der Waals surface area contributed by atoms with Gasteiger partial charge in [-0.05, 0) is 50.2 Å². The molecular formula is C45H48N2O19. The Morgan fingerprint density at radius 3 is 2.05 bits per heavy atom. The van der Waals surface area contributed by atoms with Gasteiger partial charge in [-0.2, -0.15) is 0 Å². The van der Waals surface area contributed by atoms with E-state index in [-0.39, 0.29) is 16.8 Å². The summed E-state index contributed by atoms with van der Waals surface area (Å²) in [4.78, 5) is 120. The molecule has 3 aromatic rings. The number of fused-ring (bicyclic) bond motifs is 5. The van der Waals surface area contributed by atoms with E-state index in [2.05, 4.69) is 9.97 Å². The number of aliphatic hydroxyl groups is 1. The van der Waals surface area contributed by atoms with Crippen molar-refractivity contribution in [3.63, 3.8) is 0 Å². The standard InChI is InChI=1S/C45H48N2O19/c1-21-22(2)38(52)65-35-33(60-24(4)49)37(62-26(6)51)44(20-58-23(3)48)36(61-25(5)50)32(63-39(53)27-12-9-15-46-18-27)30-34(64-41(55)29-14-11-17-57-29)45(44,43(35,8)56)66-42(30,7)19-59-40(54)28-13-10-16-47-31(21)28/h9-18,21-22,30,32-37,56H,19-20H2,1-8H3/t21?,22?,30-,32-,33+,34-,35+,36-,37-,42+,43+,44-,45+/m1/s1. The Balaban J connectivity index is 1.65. The number of carbonyl (C=O) groups is 8. The Hall–Kier alpha value is -6.74. The van der Waals surface area contributed by atoms with Crippen LogP contribution in [0, 0.1) is 17.3 Å². The van der Waals surface area contributed by atoms with Gasteiger partial charge in [0.1, 0.15) is 42.0 Å². The molecule has 4 bridgehead atoms. The molecule has 1 N–H and O–H groups in total. The van der Waals surface area contributed by atoms with Gasteiger partial charge in [-0.25, -0.2) is 14.4 Å². The van der Waals surface area contributed by atoms with Crippen LogP contribution in [0.3, 0.4) is 0 Å². The number of aromatic nitrogens is 2. The fourth-order valence-electron chi connectivity index (χ4n) is 10.1. The van der Waals surface area contributed by atoms with Gasteiger partial charge in [0, 0.05) is 52.2 Å². The highest BCUT2D eigenvalue weighted by molar-refractivity contribution is 5.91. The molecule has 5 heterocycles. The van der Waals surface area contributed by atoms with Crippen LogP contribution in [0.15, 0.2) is 65.7 Å². The van der Waals surface area contributed by atoms with Gasteiger partial charge in [-0.15, -0.1) is 0 Å². The summed E-state index contributed by atoms with van der Waals surface area (Å²) >= 11 is 0. The SMILES string of the molecule is CC(=O)OC[C@]12[C@H](OC(C)=O)[C@H](OC(=O)c3cccnc3)[C@@H]3[C@@H](OC(=O)c4ccco4)[C@@]14O[C@@]3(C)COC(=O)c1cccnc1C(C)C(C)C(=O)O[C@@H]([C@H](OC(C)=O)[C@H]2OC(C)=O)[C@]4(C)O. The molecule has 0 amide bonds. The van der Waals surface area contributed by atoms with Crippen LogP contribution in [0.5, 0.6) is 0 Å². The Morgan fingerprint density at radius 1 is 0.773 bits per heavy atom. The second-order valence-corrected chi connectivity index (χ2v) is 17.1. The normalized spacial score (nSPS) is 34.5. The number of ether oxygens (including phenoxy) is 9. The molecule has 3 aromatic heterocycles. The topological polar surface area (TPSA) is 279 Å². The molecular weight excluding hydrogens is 872 g/mol. The molecule has 4 aliphatic rings. The fourth-order valence-corrected chi connectivity index (χ4v) is 10.1. The van der Waals surface area contributed by atoms with Gasteiger partial charge in [0.05, 0.1) is 34.9 Å². The molecule has 2 aliphatic heterocycles. The molecule has 21 heteroatoms. The first kappa shape index (κ1) is 47.2. The summed E-state index contributed by atoms with van der Waals surface area (Å²) in [5, 5.41) is 13.8. The average Bonchev–Trinajstić information content (AvgIpc) is 3.88. The number of esters is 8. The van der Waals surface area contributed by atoms with Crippen molar-refractivity contribution in [1.29, 1.82) is 0 Å². The van der Waals surface area contributed by atoms with E-state index < -0.39 is 143 Å². The monoisotopic (exact) mass is 920 g/mol. The van der Waals surface area contributed by atoms with E-state index in [0.29, 0.717) is 0 Å². The number of hydrogen-bond acceptors (Lipinski definition) is 21. The van der Waals surface area contributed by atoms with Gasteiger partial charge in [0.15, 0.2) is 30.0 Å². The summed E-state index contributed by atoms with van der Waals surface area (Å²) in [5.41, 5.74) is -10.9. The van der Waals surface area contributed by atoms with Crippen molar-refractivity contribution in [3.8, 4) is 0 Å². The van der Waals surface area contributed by atoms with Gasteiger partial charge in [0.2, 0.25) is 5.76 Å². The lowest BCUT2D eigenvalue weighted by Gasteiger charge is -2.67. The average molecular weight is 921 g/mol. The summed E-state index contributed by atoms with van der Waals surface area (Å²) in [6.45, 7) is 7.37. The van der Waals surface area contributed by atoms with Crippen LogP contribution in [0.4, 0.5) is 0 Å². The molecule has 66 heavy (non-hydrogen) atoms. The molecule has 3 fully saturated rings. The quantitative estimate of drug-likeness (QED) is 0.238. The maximum atomic E-state index is 14.6. The largest absolute Gasteiger partial charge is 0.465 e. The van der Waals surface area contributed by atoms with E-state index in [0.717, 1.165) is 47.1 Å². The van der Waals surface area contributed by atoms with Crippen LogP contribution >= 0.6 is 0 Å². The van der Waals surface area contributed by atoms with Crippen LogP contribution in [0.25, 0.3) is 0 Å². The fraction of sp³-hybridized carbons (Fsp3) is 0.511. The van der Waals surface area contributed by atoms with E-state index >= 15 is 0 Å². The zero-order valence-electron chi connectivity index (χ0n) is 37.1. The predicted octanol–water partition coefficient (Wildman–Crippen LogP) is 2.61. The van der Waals surface area contributed by atoms with Gasteiger partial charge in [-0.1, -0.05) is 13.8 Å². The van der Waals surface area contributed by atoms with E-state index in [1.54, 1.807) is 6.92 Å². The van der Waals surface area contributed by atoms with Crippen molar-refractivity contribution < 1.29 is 90.5 Å². The maximum absolute atomic E-state index is 14.6. The van der Waals surface area contributed by atoms with Gasteiger partial charge >= 0.3 is 47.8 Å². The molecule has 13 atom stereocenters. The van der Waals surface area contributed by atoms with E-state index in [9.17, 15) is 43.5 Å². The minimum absolute atomic E-state index is 0.0771. The van der Waals surface area contributed by atoms with Crippen molar-refractivity contribution in [2.45, 2.75) is 115 Å². The van der Waals surface area contributed by atoms with Crippen LogP contribution in [0.1, 0.15) is 98.3 Å². The number of hydrogen-bond donors (Lipinski definition) is 1. The first-order chi connectivity index (χ1) is 31.1. The van der Waals surface area contributed by atoms with E-state index in [1.807, 2.05) is 0 Å². The predicted molar refractivity (Wildman–Crippen MR) is 215 cm³/mol. The first-order valence-corrected chi connectivity index (χ1v) is 20.9. The summed E-state index contributed by atoms with van der Waals surface area (Å²) in [6, 6.07) is 8.25. The molecule has 0 radical (unpaired) electrons. The zero-order chi connectivity index (χ0) is 48.1. The summed E-state index contributed by atoms with van der Waals surface area (Å²) in [7, 11) is 0. The van der Waals surface area contributed by atoms with Crippen LogP contribution < -0.4 is 0 Å². The molecule has 2 saturated carbocycles.